The Morgan fingerprint density at radius 3 is 1.40 bits per heavy atom. The van der Waals surface area contributed by atoms with Gasteiger partial charge in [-0.25, -0.2) is 18.0 Å². The van der Waals surface area contributed by atoms with E-state index < -0.39 is 28.7 Å². The fourth-order valence-corrected chi connectivity index (χ4v) is 3.08. The maximum absolute atomic E-state index is 10.9. The Hall–Kier alpha value is -4.00. The molecule has 276 valence electrons. The van der Waals surface area contributed by atoms with Gasteiger partial charge in [0.1, 0.15) is 15.6 Å². The van der Waals surface area contributed by atoms with E-state index >= 15 is 0 Å². The Morgan fingerprint density at radius 1 is 0.833 bits per heavy atom. The second-order valence-electron chi connectivity index (χ2n) is 10.1. The van der Waals surface area contributed by atoms with E-state index in [0.29, 0.717) is 12.2 Å². The number of nitrogens with one attached hydrogen (secondary N) is 1. The van der Waals surface area contributed by atoms with Crippen LogP contribution in [0.25, 0.3) is 0 Å². The van der Waals surface area contributed by atoms with Gasteiger partial charge in [0.2, 0.25) is 13.3 Å². The van der Waals surface area contributed by atoms with Gasteiger partial charge in [-0.2, -0.15) is 0 Å². The van der Waals surface area contributed by atoms with E-state index in [0.717, 1.165) is 36.7 Å². The van der Waals surface area contributed by atoms with E-state index in [1.54, 1.807) is 20.8 Å². The molecule has 0 heterocycles. The number of hydrogen-bond acceptors (Lipinski definition) is 11. The molecule has 0 aromatic rings. The molecule has 0 radical (unpaired) electrons. The van der Waals surface area contributed by atoms with Gasteiger partial charge in [0, 0.05) is 37.0 Å². The second-order valence-corrected chi connectivity index (χ2v) is 14.5. The van der Waals surface area contributed by atoms with Gasteiger partial charge in [-0.1, -0.05) is 46.4 Å². The molecule has 0 saturated heterocycles. The zero-order valence-electron chi connectivity index (χ0n) is 30.0. The Morgan fingerprint density at radius 2 is 1.19 bits per heavy atom. The maximum atomic E-state index is 10.9. The van der Waals surface area contributed by atoms with E-state index in [1.165, 1.54) is 33.5 Å². The summed E-state index contributed by atoms with van der Waals surface area (Å²) in [6.07, 6.45) is 6.90. The lowest BCUT2D eigenvalue weighted by molar-refractivity contribution is -0.139. The number of allylic oxidation sites excluding steroid dienone is 2. The third-order valence-electron chi connectivity index (χ3n) is 3.98. The molecule has 0 aliphatic heterocycles. The highest BCUT2D eigenvalue weighted by Gasteiger charge is 2.24. The van der Waals surface area contributed by atoms with E-state index in [1.807, 2.05) is 6.92 Å². The highest BCUT2D eigenvalue weighted by atomic mass is 32.2. The van der Waals surface area contributed by atoms with Gasteiger partial charge in [0.15, 0.2) is 11.6 Å². The van der Waals surface area contributed by atoms with Crippen LogP contribution >= 0.6 is 7.37 Å². The summed E-state index contributed by atoms with van der Waals surface area (Å²) >= 11 is 0. The van der Waals surface area contributed by atoms with E-state index in [-0.39, 0.29) is 48.0 Å². The van der Waals surface area contributed by atoms with Crippen LogP contribution in [0.2, 0.25) is 0 Å². The Kier molecular flexibility index (Phi) is 38.6. The van der Waals surface area contributed by atoms with Crippen LogP contribution in [0.15, 0.2) is 75.2 Å². The Labute approximate surface area is 287 Å². The number of carbonyl (C=O) groups is 6. The average Bonchev–Trinajstić information content (AvgIpc) is 2.95. The maximum Gasteiger partial charge on any atom is 0.330 e. The number of ether oxygens (including phenoxy) is 2. The van der Waals surface area contributed by atoms with Crippen LogP contribution in [0, 0.1) is 0 Å². The number of ketones is 3. The van der Waals surface area contributed by atoms with Crippen molar-refractivity contribution in [3.63, 3.8) is 0 Å². The SMILES string of the molecule is C=C(C)C(C)=O.C=CC(=O)NC(C)(C)CS(C)(=O)=O.C=CC(=O)OCCC.C=CC(=O)OCCC(C)=O.C=CC(C)=O.C=CP(C)(=O)O. The lowest BCUT2D eigenvalue weighted by Crippen LogP contribution is -2.47. The number of sulfone groups is 1. The van der Waals surface area contributed by atoms with Crippen molar-refractivity contribution in [3.05, 3.63) is 75.2 Å². The van der Waals surface area contributed by atoms with Crippen LogP contribution in [0.1, 0.15) is 61.3 Å². The van der Waals surface area contributed by atoms with Crippen molar-refractivity contribution in [2.75, 3.05) is 31.9 Å². The van der Waals surface area contributed by atoms with Crippen LogP contribution in [0.3, 0.4) is 0 Å². The zero-order valence-corrected chi connectivity index (χ0v) is 31.7. The number of rotatable bonds is 14. The molecule has 48 heavy (non-hydrogen) atoms. The molecule has 0 aliphatic rings. The molecular weight excluding hydrogens is 665 g/mol. The second kappa shape index (κ2) is 32.9. The first-order chi connectivity index (χ1) is 21.6. The first-order valence-corrected chi connectivity index (χ1v) is 18.3. The molecule has 1 atom stereocenters. The summed E-state index contributed by atoms with van der Waals surface area (Å²) in [6.45, 7) is 32.7. The lowest BCUT2D eigenvalue weighted by Gasteiger charge is -2.24. The van der Waals surface area contributed by atoms with Crippen molar-refractivity contribution >= 4 is 52.4 Å². The molecule has 2 N–H and O–H groups in total. The first kappa shape index (κ1) is 56.3. The summed E-state index contributed by atoms with van der Waals surface area (Å²) in [5.74, 6) is -0.134. The van der Waals surface area contributed by atoms with Gasteiger partial charge < -0.3 is 19.7 Å². The number of carbonyl (C=O) groups excluding carboxylic acids is 6. The molecule has 0 aromatic carbocycles. The molecule has 1 amide bonds. The number of hydrogen-bond donors (Lipinski definition) is 2. The molecule has 1 unspecified atom stereocenters. The Bertz CT molecular complexity index is 1230. The van der Waals surface area contributed by atoms with E-state index in [9.17, 15) is 41.8 Å². The number of esters is 2. The van der Waals surface area contributed by atoms with Gasteiger partial charge in [0.05, 0.1) is 19.0 Å². The minimum absolute atomic E-state index is 0.0110. The van der Waals surface area contributed by atoms with Gasteiger partial charge >= 0.3 is 11.9 Å². The zero-order chi connectivity index (χ0) is 39.7. The molecule has 0 rings (SSSR count). The van der Waals surface area contributed by atoms with Crippen molar-refractivity contribution in [2.45, 2.75) is 66.8 Å². The van der Waals surface area contributed by atoms with Crippen LogP contribution in [-0.2, 0) is 52.6 Å². The van der Waals surface area contributed by atoms with Gasteiger partial charge in [0.25, 0.3) is 0 Å². The predicted octanol–water partition coefficient (Wildman–Crippen LogP) is 4.88. The molecular formula is C33H56NO12PS. The smallest absolute Gasteiger partial charge is 0.330 e. The van der Waals surface area contributed by atoms with Gasteiger partial charge in [-0.15, -0.1) is 0 Å². The van der Waals surface area contributed by atoms with Crippen LogP contribution in [-0.4, -0.2) is 85.9 Å². The van der Waals surface area contributed by atoms with Gasteiger partial charge in [-0.05, 0) is 71.5 Å². The lowest BCUT2D eigenvalue weighted by atomic mass is 10.1. The largest absolute Gasteiger partial charge is 0.463 e. The summed E-state index contributed by atoms with van der Waals surface area (Å²) in [4.78, 5) is 69.8. The van der Waals surface area contributed by atoms with Crippen molar-refractivity contribution in [2.24, 2.45) is 0 Å². The molecule has 13 nitrogen and oxygen atoms in total. The third-order valence-corrected chi connectivity index (χ3v) is 5.90. The highest BCUT2D eigenvalue weighted by molar-refractivity contribution is 7.90. The Balaban J connectivity index is -0.000000114. The van der Waals surface area contributed by atoms with E-state index in [2.05, 4.69) is 54.3 Å². The molecule has 0 fully saturated rings. The molecule has 0 aliphatic carbocycles. The summed E-state index contributed by atoms with van der Waals surface area (Å²) in [7, 11) is -5.97. The van der Waals surface area contributed by atoms with Gasteiger partial charge in [-0.3, -0.25) is 23.7 Å². The number of amides is 1. The van der Waals surface area contributed by atoms with Crippen LogP contribution in [0.5, 0.6) is 0 Å². The minimum atomic E-state index is -3.08. The molecule has 0 spiro atoms. The van der Waals surface area contributed by atoms with Crippen molar-refractivity contribution in [1.29, 1.82) is 0 Å². The standard InChI is InChI=1S/C8H15NO3S.C7H10O3.C6H10O2.C5H8O.C4H6O.C3H7O2P/c1-5-7(10)9-8(2,3)6-13(4,11)12;1-3-7(9)10-5-4-6(2)8;1-3-5-8-6(7)4-2;1-4(2)5(3)6;1-3-4(2)5;1-3-6(2,4)5/h5H,1,6H2,2-4H3,(H,9,10);3H,1,4-5H2,2H3;4H,2-3,5H2,1H3;1H2,2-3H3;3H,1H2,2H3;3H,1H2,2H3,(H,4,5). The van der Waals surface area contributed by atoms with Crippen molar-refractivity contribution in [1.82, 2.24) is 5.32 Å². The van der Waals surface area contributed by atoms with Crippen molar-refractivity contribution in [3.8, 4) is 0 Å². The topological polar surface area (TPSA) is 204 Å². The van der Waals surface area contributed by atoms with Crippen LogP contribution in [0.4, 0.5) is 0 Å². The summed E-state index contributed by atoms with van der Waals surface area (Å²) in [5, 5.41) is 2.53. The molecule has 15 heteroatoms. The first-order valence-electron chi connectivity index (χ1n) is 14.0. The molecule has 0 bridgehead atoms. The average molecular weight is 722 g/mol. The summed E-state index contributed by atoms with van der Waals surface area (Å²) in [6, 6.07) is 0. The summed E-state index contributed by atoms with van der Waals surface area (Å²) in [5.41, 5.74) is -0.131. The quantitative estimate of drug-likeness (QED) is 0.140. The normalized spacial score (nSPS) is 10.5. The summed E-state index contributed by atoms with van der Waals surface area (Å²) < 4.78 is 41.0. The molecule has 0 aromatic heterocycles. The monoisotopic (exact) mass is 721 g/mol. The van der Waals surface area contributed by atoms with E-state index in [4.69, 9.17) is 4.89 Å². The fourth-order valence-electron chi connectivity index (χ4n) is 1.69. The third kappa shape index (κ3) is 68.9. The number of Topliss-reactive ketones (excluding diaryl/α,β-unsaturated/α-hetero) is 2. The predicted molar refractivity (Wildman–Crippen MR) is 192 cm³/mol. The highest BCUT2D eigenvalue weighted by Crippen LogP contribution is 2.35. The minimum Gasteiger partial charge on any atom is -0.463 e. The van der Waals surface area contributed by atoms with Crippen LogP contribution < -0.4 is 5.32 Å². The van der Waals surface area contributed by atoms with Crippen molar-refractivity contribution < 1.29 is 56.1 Å². The fraction of sp³-hybridized carbons (Fsp3) is 0.455. The molecule has 0 saturated carbocycles.